The Balaban J connectivity index is 3.25. The third-order valence-electron chi connectivity index (χ3n) is 1.58. The highest BCUT2D eigenvalue weighted by atomic mass is 32.2. The minimum atomic E-state index is -5.99. The van der Waals surface area contributed by atoms with E-state index in [1.807, 2.05) is 0 Å². The smallest absolute Gasteiger partial charge is 0.375 e. The molecule has 0 amide bonds. The summed E-state index contributed by atoms with van der Waals surface area (Å²) in [5, 5.41) is 0. The summed E-state index contributed by atoms with van der Waals surface area (Å²) in [6.45, 7) is 0. The molecular weight excluding hydrogens is 304 g/mol. The zero-order valence-electron chi connectivity index (χ0n) is 8.14. The number of alkyl halides is 3. The summed E-state index contributed by atoms with van der Waals surface area (Å²) in [5.41, 5.74) is -5.70. The van der Waals surface area contributed by atoms with Gasteiger partial charge in [0.05, 0.1) is 0 Å². The molecule has 0 aliphatic carbocycles. The molecule has 1 atom stereocenters. The molecule has 1 aromatic carbocycles. The minimum absolute atomic E-state index is 0.386. The van der Waals surface area contributed by atoms with Crippen molar-refractivity contribution in [2.45, 2.75) is 10.4 Å². The highest BCUT2D eigenvalue weighted by Gasteiger charge is 2.49. The zero-order chi connectivity index (χ0) is 14.1. The van der Waals surface area contributed by atoms with Crippen molar-refractivity contribution in [3.05, 3.63) is 24.0 Å². The lowest BCUT2D eigenvalue weighted by Crippen LogP contribution is -2.28. The van der Waals surface area contributed by atoms with Crippen molar-refractivity contribution in [2.24, 2.45) is 0 Å². The molecule has 0 fully saturated rings. The molecule has 1 rings (SSSR count). The van der Waals surface area contributed by atoms with Gasteiger partial charge in [0.1, 0.15) is 10.7 Å². The Morgan fingerprint density at radius 2 is 1.83 bits per heavy atom. The molecule has 0 spiro atoms. The minimum Gasteiger partial charge on any atom is -0.375 e. The van der Waals surface area contributed by atoms with E-state index in [4.69, 9.17) is 4.55 Å². The molecule has 0 bridgehead atoms. The van der Waals surface area contributed by atoms with Gasteiger partial charge in [0.25, 0.3) is 0 Å². The van der Waals surface area contributed by atoms with Gasteiger partial charge in [-0.05, 0) is 18.2 Å². The van der Waals surface area contributed by atoms with Gasteiger partial charge in [-0.25, -0.2) is 8.60 Å². The van der Waals surface area contributed by atoms with Crippen LogP contribution in [-0.4, -0.2) is 22.7 Å². The Hall–Kier alpha value is -1.20. The van der Waals surface area contributed by atoms with Crippen LogP contribution in [-0.2, 0) is 21.2 Å². The average Bonchev–Trinajstić information content (AvgIpc) is 2.18. The summed E-state index contributed by atoms with van der Waals surface area (Å²) < 4.78 is 93.1. The number of rotatable bonds is 3. The van der Waals surface area contributed by atoms with E-state index < -0.39 is 43.2 Å². The topological polar surface area (TPSA) is 80.7 Å². The quantitative estimate of drug-likeness (QED) is 0.397. The average molecular weight is 308 g/mol. The van der Waals surface area contributed by atoms with Crippen LogP contribution in [0.25, 0.3) is 0 Å². The van der Waals surface area contributed by atoms with E-state index in [1.165, 1.54) is 0 Å². The van der Waals surface area contributed by atoms with Gasteiger partial charge in [-0.15, -0.1) is 0 Å². The number of benzene rings is 1. The van der Waals surface area contributed by atoms with Crippen LogP contribution in [0, 0.1) is 5.82 Å². The van der Waals surface area contributed by atoms with Crippen molar-refractivity contribution >= 4 is 21.2 Å². The second kappa shape index (κ2) is 4.82. The molecule has 0 saturated heterocycles. The number of hydrogen-bond donors (Lipinski definition) is 1. The third kappa shape index (κ3) is 3.17. The van der Waals surface area contributed by atoms with Crippen LogP contribution < -0.4 is 4.18 Å². The SMILES string of the molecule is O=S(O)c1cc(F)ccc1OS(=O)(=O)C(F)(F)F. The second-order valence-electron chi connectivity index (χ2n) is 2.82. The van der Waals surface area contributed by atoms with E-state index in [0.29, 0.717) is 18.2 Å². The van der Waals surface area contributed by atoms with E-state index >= 15 is 0 Å². The fourth-order valence-electron chi connectivity index (χ4n) is 0.853. The fourth-order valence-corrected chi connectivity index (χ4v) is 1.88. The van der Waals surface area contributed by atoms with Gasteiger partial charge in [0.2, 0.25) is 0 Å². The van der Waals surface area contributed by atoms with Crippen LogP contribution in [0.3, 0.4) is 0 Å². The predicted octanol–water partition coefficient (Wildman–Crippen LogP) is 1.63. The van der Waals surface area contributed by atoms with E-state index in [-0.39, 0.29) is 0 Å². The van der Waals surface area contributed by atoms with Gasteiger partial charge in [0.15, 0.2) is 16.8 Å². The monoisotopic (exact) mass is 308 g/mol. The van der Waals surface area contributed by atoms with E-state index in [9.17, 15) is 30.2 Å². The molecule has 1 N–H and O–H groups in total. The van der Waals surface area contributed by atoms with Gasteiger partial charge in [-0.1, -0.05) is 0 Å². The van der Waals surface area contributed by atoms with E-state index in [2.05, 4.69) is 4.18 Å². The van der Waals surface area contributed by atoms with Crippen molar-refractivity contribution in [3.8, 4) is 5.75 Å². The summed E-state index contributed by atoms with van der Waals surface area (Å²) >= 11 is -2.91. The Morgan fingerprint density at radius 3 is 2.28 bits per heavy atom. The van der Waals surface area contributed by atoms with Crippen molar-refractivity contribution in [1.82, 2.24) is 0 Å². The Morgan fingerprint density at radius 1 is 1.28 bits per heavy atom. The van der Waals surface area contributed by atoms with Crippen LogP contribution in [0.1, 0.15) is 0 Å². The molecule has 1 aromatic rings. The van der Waals surface area contributed by atoms with Crippen molar-refractivity contribution in [1.29, 1.82) is 0 Å². The van der Waals surface area contributed by atoms with Gasteiger partial charge >= 0.3 is 15.6 Å². The van der Waals surface area contributed by atoms with Crippen molar-refractivity contribution in [3.63, 3.8) is 0 Å². The molecule has 1 unspecified atom stereocenters. The summed E-state index contributed by atoms with van der Waals surface area (Å²) in [4.78, 5) is -0.928. The van der Waals surface area contributed by atoms with Crippen LogP contribution in [0.2, 0.25) is 0 Å². The van der Waals surface area contributed by atoms with Crippen LogP contribution in [0.4, 0.5) is 17.6 Å². The second-order valence-corrected chi connectivity index (χ2v) is 5.30. The Labute approximate surface area is 101 Å². The molecule has 0 aliphatic heterocycles. The molecule has 102 valence electrons. The molecule has 0 aliphatic rings. The number of halogens is 4. The van der Waals surface area contributed by atoms with Crippen molar-refractivity contribution < 1.29 is 38.9 Å². The molecule has 0 aromatic heterocycles. The van der Waals surface area contributed by atoms with Crippen LogP contribution >= 0.6 is 0 Å². The normalized spacial score (nSPS) is 14.3. The molecule has 0 radical (unpaired) electrons. The van der Waals surface area contributed by atoms with E-state index in [1.54, 1.807) is 0 Å². The lowest BCUT2D eigenvalue weighted by atomic mass is 10.3. The fraction of sp³-hybridized carbons (Fsp3) is 0.143. The third-order valence-corrected chi connectivity index (χ3v) is 3.24. The first-order valence-electron chi connectivity index (χ1n) is 3.96. The maximum Gasteiger partial charge on any atom is 0.534 e. The Bertz CT molecular complexity index is 580. The first kappa shape index (κ1) is 14.9. The standard InChI is InChI=1S/C7H4F4O5S2/c8-4-1-2-5(6(3-4)17(12)13)16-18(14,15)7(9,10)11/h1-3H,(H,12,13). The molecule has 18 heavy (non-hydrogen) atoms. The summed E-state index contributed by atoms with van der Waals surface area (Å²) in [5.74, 6) is -2.11. The first-order valence-corrected chi connectivity index (χ1v) is 6.47. The summed E-state index contributed by atoms with van der Waals surface area (Å²) in [7, 11) is -5.99. The predicted molar refractivity (Wildman–Crippen MR) is 51.0 cm³/mol. The maximum atomic E-state index is 12.7. The largest absolute Gasteiger partial charge is 0.534 e. The lowest BCUT2D eigenvalue weighted by molar-refractivity contribution is -0.0500. The van der Waals surface area contributed by atoms with Gasteiger partial charge in [-0.3, -0.25) is 0 Å². The zero-order valence-corrected chi connectivity index (χ0v) is 9.77. The molecule has 11 heteroatoms. The summed E-state index contributed by atoms with van der Waals surface area (Å²) in [6, 6.07) is 1.47. The van der Waals surface area contributed by atoms with Gasteiger partial charge < -0.3 is 8.74 Å². The Kier molecular flexibility index (Phi) is 3.98. The van der Waals surface area contributed by atoms with Crippen LogP contribution in [0.5, 0.6) is 5.75 Å². The first-order chi connectivity index (χ1) is 8.04. The molecule has 5 nitrogen and oxygen atoms in total. The van der Waals surface area contributed by atoms with Crippen molar-refractivity contribution in [2.75, 3.05) is 0 Å². The van der Waals surface area contributed by atoms with E-state index in [0.717, 1.165) is 0 Å². The molecular formula is C7H4F4O5S2. The highest BCUT2D eigenvalue weighted by molar-refractivity contribution is 7.88. The number of hydrogen-bond acceptors (Lipinski definition) is 4. The lowest BCUT2D eigenvalue weighted by Gasteiger charge is -2.11. The summed E-state index contributed by atoms with van der Waals surface area (Å²) in [6.07, 6.45) is 0. The molecule has 0 saturated carbocycles. The van der Waals surface area contributed by atoms with Crippen LogP contribution in [0.15, 0.2) is 23.1 Å². The van der Waals surface area contributed by atoms with Gasteiger partial charge in [-0.2, -0.15) is 21.6 Å². The van der Waals surface area contributed by atoms with Gasteiger partial charge in [0, 0.05) is 0 Å². The maximum absolute atomic E-state index is 12.7. The molecule has 0 heterocycles. The highest BCUT2D eigenvalue weighted by Crippen LogP contribution is 2.30.